The predicted molar refractivity (Wildman–Crippen MR) is 109 cm³/mol. The number of nitrogens with one attached hydrogen (secondary N) is 1. The Labute approximate surface area is 164 Å². The van der Waals surface area contributed by atoms with Crippen LogP contribution in [-0.4, -0.2) is 43.6 Å². The number of ether oxygens (including phenoxy) is 1. The molecule has 4 rings (SSSR count). The number of anilines is 1. The van der Waals surface area contributed by atoms with Crippen molar-refractivity contribution >= 4 is 16.9 Å². The Bertz CT molecular complexity index is 931. The van der Waals surface area contributed by atoms with Crippen LogP contribution < -0.4 is 10.1 Å². The van der Waals surface area contributed by atoms with E-state index in [-0.39, 0.29) is 6.10 Å². The van der Waals surface area contributed by atoms with E-state index >= 15 is 0 Å². The lowest BCUT2D eigenvalue weighted by molar-refractivity contribution is 0.126. The highest BCUT2D eigenvalue weighted by Crippen LogP contribution is 2.27. The smallest absolute Gasteiger partial charge is 0.224 e. The summed E-state index contributed by atoms with van der Waals surface area (Å²) in [5.74, 6) is 2.60. The lowest BCUT2D eigenvalue weighted by atomic mass is 9.93. The SMILES string of the molecule is CC(C)COc1cccc2c1cnn2-c1ccnc(N[C@H]2CC[C@H](O)CC2)n1. The fraction of sp³-hybridized carbons (Fsp3) is 0.476. The van der Waals surface area contributed by atoms with Crippen LogP contribution in [0, 0.1) is 5.92 Å². The van der Waals surface area contributed by atoms with Gasteiger partial charge in [0.2, 0.25) is 5.95 Å². The summed E-state index contributed by atoms with van der Waals surface area (Å²) in [5.41, 5.74) is 0.951. The Balaban J connectivity index is 1.57. The van der Waals surface area contributed by atoms with E-state index in [1.54, 1.807) is 6.20 Å². The number of benzene rings is 1. The van der Waals surface area contributed by atoms with Crippen LogP contribution in [0.3, 0.4) is 0 Å². The van der Waals surface area contributed by atoms with Crippen LogP contribution >= 0.6 is 0 Å². The van der Waals surface area contributed by atoms with Gasteiger partial charge in [-0.25, -0.2) is 9.67 Å². The summed E-state index contributed by atoms with van der Waals surface area (Å²) in [5, 5.41) is 18.6. The van der Waals surface area contributed by atoms with Crippen molar-refractivity contribution in [1.82, 2.24) is 19.7 Å². The fourth-order valence-electron chi connectivity index (χ4n) is 3.53. The van der Waals surface area contributed by atoms with Crippen molar-refractivity contribution in [1.29, 1.82) is 0 Å². The fourth-order valence-corrected chi connectivity index (χ4v) is 3.53. The van der Waals surface area contributed by atoms with Crippen molar-refractivity contribution in [2.45, 2.75) is 51.7 Å². The summed E-state index contributed by atoms with van der Waals surface area (Å²) in [6.07, 6.45) is 6.89. The minimum atomic E-state index is -0.173. The number of aliphatic hydroxyl groups is 1. The molecule has 0 atom stereocenters. The van der Waals surface area contributed by atoms with Gasteiger partial charge in [0, 0.05) is 18.3 Å². The van der Waals surface area contributed by atoms with Crippen molar-refractivity contribution < 1.29 is 9.84 Å². The highest BCUT2D eigenvalue weighted by atomic mass is 16.5. The van der Waals surface area contributed by atoms with E-state index in [2.05, 4.69) is 34.2 Å². The zero-order valence-corrected chi connectivity index (χ0v) is 16.4. The van der Waals surface area contributed by atoms with E-state index in [0.717, 1.165) is 42.3 Å². The van der Waals surface area contributed by atoms with Crippen LogP contribution in [0.25, 0.3) is 16.7 Å². The van der Waals surface area contributed by atoms with Crippen LogP contribution in [0.15, 0.2) is 36.7 Å². The molecule has 0 unspecified atom stereocenters. The first-order valence-electron chi connectivity index (χ1n) is 9.97. The normalized spacial score (nSPS) is 19.9. The Morgan fingerprint density at radius 3 is 2.82 bits per heavy atom. The van der Waals surface area contributed by atoms with E-state index in [4.69, 9.17) is 4.74 Å². The number of hydrogen-bond acceptors (Lipinski definition) is 6. The molecule has 3 aromatic rings. The molecule has 1 aromatic carbocycles. The molecule has 1 aliphatic rings. The van der Waals surface area contributed by atoms with Crippen LogP contribution in [0.4, 0.5) is 5.95 Å². The third-order valence-electron chi connectivity index (χ3n) is 5.03. The van der Waals surface area contributed by atoms with Crippen molar-refractivity contribution in [3.8, 4) is 11.6 Å². The highest BCUT2D eigenvalue weighted by molar-refractivity contribution is 5.86. The molecule has 1 aliphatic carbocycles. The first-order valence-corrected chi connectivity index (χ1v) is 9.97. The monoisotopic (exact) mass is 381 g/mol. The summed E-state index contributed by atoms with van der Waals surface area (Å²) in [7, 11) is 0. The standard InChI is InChI=1S/C21H27N5O2/c1-14(2)13-28-19-5-3-4-18-17(19)12-23-26(18)20-10-11-22-21(25-20)24-15-6-8-16(27)9-7-15/h3-5,10-12,14-16,27H,6-9,13H2,1-2H3,(H,22,24,25)/t15-,16-. The second kappa shape index (κ2) is 8.14. The number of rotatable bonds is 6. The average molecular weight is 381 g/mol. The van der Waals surface area contributed by atoms with Crippen molar-refractivity contribution in [3.05, 3.63) is 36.7 Å². The summed E-state index contributed by atoms with van der Waals surface area (Å²) in [6, 6.07) is 8.11. The van der Waals surface area contributed by atoms with Gasteiger partial charge in [-0.15, -0.1) is 0 Å². The van der Waals surface area contributed by atoms with E-state index in [1.807, 2.05) is 35.1 Å². The van der Waals surface area contributed by atoms with Crippen LogP contribution in [0.5, 0.6) is 5.75 Å². The molecular formula is C21H27N5O2. The number of hydrogen-bond donors (Lipinski definition) is 2. The van der Waals surface area contributed by atoms with Gasteiger partial charge in [-0.1, -0.05) is 19.9 Å². The maximum absolute atomic E-state index is 9.67. The molecule has 0 amide bonds. The molecule has 0 saturated heterocycles. The van der Waals surface area contributed by atoms with Crippen LogP contribution in [0.1, 0.15) is 39.5 Å². The number of nitrogens with zero attached hydrogens (tertiary/aromatic N) is 4. The zero-order chi connectivity index (χ0) is 19.5. The Morgan fingerprint density at radius 2 is 2.04 bits per heavy atom. The first kappa shape index (κ1) is 18.7. The quantitative estimate of drug-likeness (QED) is 0.679. The molecule has 0 bridgehead atoms. The predicted octanol–water partition coefficient (Wildman–Crippen LogP) is 3.57. The van der Waals surface area contributed by atoms with Gasteiger partial charge in [0.15, 0.2) is 5.82 Å². The van der Waals surface area contributed by atoms with Crippen LogP contribution in [-0.2, 0) is 0 Å². The third kappa shape index (κ3) is 4.09. The molecular weight excluding hydrogens is 354 g/mol. The lowest BCUT2D eigenvalue weighted by Gasteiger charge is -2.26. The Kier molecular flexibility index (Phi) is 5.43. The van der Waals surface area contributed by atoms with Crippen molar-refractivity contribution in [2.24, 2.45) is 5.92 Å². The summed E-state index contributed by atoms with van der Waals surface area (Å²) < 4.78 is 7.76. The number of fused-ring (bicyclic) bond motifs is 1. The second-order valence-electron chi connectivity index (χ2n) is 7.84. The molecule has 2 N–H and O–H groups in total. The Hall–Kier alpha value is -2.67. The molecule has 0 aliphatic heterocycles. The summed E-state index contributed by atoms with van der Waals surface area (Å²) in [6.45, 7) is 4.93. The van der Waals surface area contributed by atoms with Crippen molar-refractivity contribution in [3.63, 3.8) is 0 Å². The van der Waals surface area contributed by atoms with Crippen LogP contribution in [0.2, 0.25) is 0 Å². The highest BCUT2D eigenvalue weighted by Gasteiger charge is 2.20. The molecule has 28 heavy (non-hydrogen) atoms. The topological polar surface area (TPSA) is 85.1 Å². The van der Waals surface area contributed by atoms with Gasteiger partial charge in [0.1, 0.15) is 5.75 Å². The molecule has 1 saturated carbocycles. The van der Waals surface area contributed by atoms with E-state index in [0.29, 0.717) is 30.3 Å². The molecule has 0 radical (unpaired) electrons. The van der Waals surface area contributed by atoms with Gasteiger partial charge in [-0.3, -0.25) is 0 Å². The molecule has 7 nitrogen and oxygen atoms in total. The maximum atomic E-state index is 9.67. The largest absolute Gasteiger partial charge is 0.493 e. The minimum Gasteiger partial charge on any atom is -0.493 e. The van der Waals surface area contributed by atoms with E-state index in [9.17, 15) is 5.11 Å². The summed E-state index contributed by atoms with van der Waals surface area (Å²) >= 11 is 0. The van der Waals surface area contributed by atoms with Gasteiger partial charge >= 0.3 is 0 Å². The molecule has 0 spiro atoms. The van der Waals surface area contributed by atoms with Gasteiger partial charge in [0.25, 0.3) is 0 Å². The Morgan fingerprint density at radius 1 is 1.21 bits per heavy atom. The molecule has 2 heterocycles. The maximum Gasteiger partial charge on any atom is 0.224 e. The van der Waals surface area contributed by atoms with Crippen molar-refractivity contribution in [2.75, 3.05) is 11.9 Å². The third-order valence-corrected chi connectivity index (χ3v) is 5.03. The molecule has 7 heteroatoms. The van der Waals surface area contributed by atoms with E-state index < -0.39 is 0 Å². The van der Waals surface area contributed by atoms with E-state index in [1.165, 1.54) is 0 Å². The molecule has 148 valence electrons. The number of aliphatic hydroxyl groups excluding tert-OH is 1. The zero-order valence-electron chi connectivity index (χ0n) is 16.4. The average Bonchev–Trinajstić information content (AvgIpc) is 3.13. The first-order chi connectivity index (χ1) is 13.6. The van der Waals surface area contributed by atoms with Gasteiger partial charge in [-0.2, -0.15) is 10.1 Å². The van der Waals surface area contributed by atoms with Gasteiger partial charge in [0.05, 0.1) is 29.8 Å². The molecule has 2 aromatic heterocycles. The van der Waals surface area contributed by atoms with Gasteiger partial charge < -0.3 is 15.2 Å². The van der Waals surface area contributed by atoms with Gasteiger partial charge in [-0.05, 0) is 43.7 Å². The summed E-state index contributed by atoms with van der Waals surface area (Å²) in [4.78, 5) is 9.02. The lowest BCUT2D eigenvalue weighted by Crippen LogP contribution is -2.29. The minimum absolute atomic E-state index is 0.173. The molecule has 1 fully saturated rings. The second-order valence-corrected chi connectivity index (χ2v) is 7.84. The number of aromatic nitrogens is 4.